The fourth-order valence-corrected chi connectivity index (χ4v) is 3.90. The summed E-state index contributed by atoms with van der Waals surface area (Å²) in [6.07, 6.45) is 0.384. The second-order valence-corrected chi connectivity index (χ2v) is 9.62. The summed E-state index contributed by atoms with van der Waals surface area (Å²) in [5.41, 5.74) is 2.76. The average Bonchev–Trinajstić information content (AvgIpc) is 3.21. The van der Waals surface area contributed by atoms with E-state index < -0.39 is 12.2 Å². The number of ether oxygens (including phenoxy) is 2. The summed E-state index contributed by atoms with van der Waals surface area (Å²) >= 11 is 9.18. The van der Waals surface area contributed by atoms with E-state index in [1.807, 2.05) is 49.4 Å². The molecule has 0 aliphatic rings. The summed E-state index contributed by atoms with van der Waals surface area (Å²) in [6.45, 7) is 6.77. The molecule has 1 aromatic heterocycles. The monoisotopic (exact) mass is 537 g/mol. The molecule has 2 atom stereocenters. The Kier molecular flexibility index (Phi) is 8.75. The quantitative estimate of drug-likeness (QED) is 0.358. The third-order valence-electron chi connectivity index (χ3n) is 5.33. The molecule has 0 spiro atoms. The molecular formula is C24H29BrClN3O4. The van der Waals surface area contributed by atoms with Gasteiger partial charge < -0.3 is 19.7 Å². The van der Waals surface area contributed by atoms with E-state index in [1.54, 1.807) is 10.9 Å². The van der Waals surface area contributed by atoms with Gasteiger partial charge in [-0.25, -0.2) is 4.68 Å². The maximum atomic E-state index is 10.2. The van der Waals surface area contributed by atoms with E-state index in [4.69, 9.17) is 21.1 Å². The first-order valence-electron chi connectivity index (χ1n) is 10.6. The standard InChI is InChI=1S/C24H29BrClN3O4/c1-16-12-29(28-27-16)13-20(31)15-32-21-7-4-17(5-8-21)24(2,3)18-6-9-23(22(25)10-18)33-14-19(30)11-26/h4-10,12,19-20,30-31H,11,13-15H2,1-3H3/t19-,20-/m0/s1. The van der Waals surface area contributed by atoms with Gasteiger partial charge in [0.05, 0.1) is 22.6 Å². The highest BCUT2D eigenvalue weighted by Gasteiger charge is 2.24. The Labute approximate surface area is 207 Å². The zero-order valence-electron chi connectivity index (χ0n) is 18.9. The van der Waals surface area contributed by atoms with Crippen molar-refractivity contribution in [3.8, 4) is 11.5 Å². The molecule has 3 rings (SSSR count). The van der Waals surface area contributed by atoms with Crippen molar-refractivity contribution in [1.29, 1.82) is 0 Å². The summed E-state index contributed by atoms with van der Waals surface area (Å²) < 4.78 is 13.8. The lowest BCUT2D eigenvalue weighted by atomic mass is 9.78. The normalized spacial score (nSPS) is 13.5. The van der Waals surface area contributed by atoms with Crippen molar-refractivity contribution in [3.63, 3.8) is 0 Å². The SMILES string of the molecule is Cc1cn(C[C@H](O)COc2ccc(C(C)(C)c3ccc(OC[C@@H](O)CCl)c(Br)c3)cc2)nn1. The zero-order valence-corrected chi connectivity index (χ0v) is 21.3. The Balaban J connectivity index is 1.61. The predicted octanol–water partition coefficient (Wildman–Crippen LogP) is 4.09. The van der Waals surface area contributed by atoms with E-state index >= 15 is 0 Å². The van der Waals surface area contributed by atoms with Crippen molar-refractivity contribution in [2.45, 2.75) is 44.9 Å². The molecule has 2 N–H and O–H groups in total. The number of hydrogen-bond donors (Lipinski definition) is 2. The molecule has 7 nitrogen and oxygen atoms in total. The molecule has 0 saturated heterocycles. The van der Waals surface area contributed by atoms with Crippen LogP contribution < -0.4 is 9.47 Å². The molecule has 33 heavy (non-hydrogen) atoms. The van der Waals surface area contributed by atoms with Gasteiger partial charge in [0.1, 0.15) is 36.9 Å². The van der Waals surface area contributed by atoms with Gasteiger partial charge in [-0.05, 0) is 58.2 Å². The lowest BCUT2D eigenvalue weighted by molar-refractivity contribution is 0.0888. The molecule has 178 valence electrons. The fraction of sp³-hybridized carbons (Fsp3) is 0.417. The molecule has 0 fully saturated rings. The highest BCUT2D eigenvalue weighted by Crippen LogP contribution is 2.36. The Hall–Kier alpha value is -2.13. The largest absolute Gasteiger partial charge is 0.491 e. The first kappa shape index (κ1) is 25.5. The van der Waals surface area contributed by atoms with Crippen molar-refractivity contribution in [1.82, 2.24) is 15.0 Å². The summed E-state index contributed by atoms with van der Waals surface area (Å²) in [6, 6.07) is 13.8. The average molecular weight is 539 g/mol. The molecule has 3 aromatic rings. The van der Waals surface area contributed by atoms with Gasteiger partial charge in [-0.3, -0.25) is 0 Å². The number of aromatic nitrogens is 3. The lowest BCUT2D eigenvalue weighted by Gasteiger charge is -2.27. The van der Waals surface area contributed by atoms with Crippen molar-refractivity contribution in [2.75, 3.05) is 19.1 Å². The van der Waals surface area contributed by atoms with Crippen molar-refractivity contribution >= 4 is 27.5 Å². The lowest BCUT2D eigenvalue weighted by Crippen LogP contribution is -2.24. The molecule has 1 heterocycles. The number of hydrogen-bond acceptors (Lipinski definition) is 6. The van der Waals surface area contributed by atoms with Crippen LogP contribution in [0.1, 0.15) is 30.7 Å². The van der Waals surface area contributed by atoms with Crippen LogP contribution in [0.4, 0.5) is 0 Å². The minimum atomic E-state index is -0.705. The van der Waals surface area contributed by atoms with Crippen LogP contribution >= 0.6 is 27.5 Å². The summed E-state index contributed by atoms with van der Waals surface area (Å²) in [5.74, 6) is 1.47. The van der Waals surface area contributed by atoms with Crippen molar-refractivity contribution < 1.29 is 19.7 Å². The number of aliphatic hydroxyl groups excluding tert-OH is 2. The molecule has 0 aliphatic heterocycles. The second kappa shape index (κ2) is 11.3. The predicted molar refractivity (Wildman–Crippen MR) is 131 cm³/mol. The minimum absolute atomic E-state index is 0.128. The third-order valence-corrected chi connectivity index (χ3v) is 6.31. The van der Waals surface area contributed by atoms with Crippen LogP contribution in [0.3, 0.4) is 0 Å². The van der Waals surface area contributed by atoms with Crippen LogP contribution in [0.15, 0.2) is 53.1 Å². The molecular weight excluding hydrogens is 510 g/mol. The number of aliphatic hydroxyl groups is 2. The van der Waals surface area contributed by atoms with Gasteiger partial charge in [-0.15, -0.1) is 16.7 Å². The number of benzene rings is 2. The number of aryl methyl sites for hydroxylation is 1. The first-order chi connectivity index (χ1) is 15.7. The van der Waals surface area contributed by atoms with E-state index in [-0.39, 0.29) is 24.5 Å². The van der Waals surface area contributed by atoms with E-state index in [1.165, 1.54) is 0 Å². The molecule has 2 aromatic carbocycles. The number of rotatable bonds is 11. The Bertz CT molecular complexity index is 1040. The zero-order chi connectivity index (χ0) is 24.0. The smallest absolute Gasteiger partial charge is 0.133 e. The van der Waals surface area contributed by atoms with E-state index in [0.717, 1.165) is 21.3 Å². The van der Waals surface area contributed by atoms with Crippen LogP contribution in [0.5, 0.6) is 11.5 Å². The molecule has 0 saturated carbocycles. The van der Waals surface area contributed by atoms with Gasteiger partial charge in [0.15, 0.2) is 0 Å². The number of halogens is 2. The fourth-order valence-electron chi connectivity index (χ4n) is 3.32. The Morgan fingerprint density at radius 3 is 2.30 bits per heavy atom. The Morgan fingerprint density at radius 2 is 1.70 bits per heavy atom. The van der Waals surface area contributed by atoms with Crippen LogP contribution in [-0.2, 0) is 12.0 Å². The van der Waals surface area contributed by atoms with Gasteiger partial charge in [0.2, 0.25) is 0 Å². The van der Waals surface area contributed by atoms with Crippen LogP contribution in [0.25, 0.3) is 0 Å². The molecule has 9 heteroatoms. The van der Waals surface area contributed by atoms with Gasteiger partial charge >= 0.3 is 0 Å². The Morgan fingerprint density at radius 1 is 1.03 bits per heavy atom. The van der Waals surface area contributed by atoms with Crippen LogP contribution in [0.2, 0.25) is 0 Å². The highest BCUT2D eigenvalue weighted by molar-refractivity contribution is 9.10. The van der Waals surface area contributed by atoms with E-state index in [0.29, 0.717) is 18.0 Å². The second-order valence-electron chi connectivity index (χ2n) is 8.46. The summed E-state index contributed by atoms with van der Waals surface area (Å²) in [5, 5.41) is 27.6. The third kappa shape index (κ3) is 6.93. The first-order valence-corrected chi connectivity index (χ1v) is 12.0. The van der Waals surface area contributed by atoms with Crippen molar-refractivity contribution in [3.05, 3.63) is 70.0 Å². The summed E-state index contributed by atoms with van der Waals surface area (Å²) in [4.78, 5) is 0. The topological polar surface area (TPSA) is 89.6 Å². The van der Waals surface area contributed by atoms with Crippen molar-refractivity contribution in [2.24, 2.45) is 0 Å². The maximum absolute atomic E-state index is 10.2. The molecule has 0 bridgehead atoms. The number of nitrogens with zero attached hydrogens (tertiary/aromatic N) is 3. The van der Waals surface area contributed by atoms with Gasteiger partial charge in [0, 0.05) is 11.6 Å². The van der Waals surface area contributed by atoms with Crippen LogP contribution in [0, 0.1) is 6.92 Å². The minimum Gasteiger partial charge on any atom is -0.491 e. The molecule has 0 radical (unpaired) electrons. The summed E-state index contributed by atoms with van der Waals surface area (Å²) in [7, 11) is 0. The van der Waals surface area contributed by atoms with E-state index in [9.17, 15) is 10.2 Å². The number of alkyl halides is 1. The van der Waals surface area contributed by atoms with Crippen LogP contribution in [-0.4, -0.2) is 56.5 Å². The highest BCUT2D eigenvalue weighted by atomic mass is 79.9. The van der Waals surface area contributed by atoms with Gasteiger partial charge in [0.25, 0.3) is 0 Å². The van der Waals surface area contributed by atoms with E-state index in [2.05, 4.69) is 40.1 Å². The van der Waals surface area contributed by atoms with Gasteiger partial charge in [-0.2, -0.15) is 0 Å². The molecule has 0 unspecified atom stereocenters. The van der Waals surface area contributed by atoms with Gasteiger partial charge in [-0.1, -0.05) is 37.3 Å². The maximum Gasteiger partial charge on any atom is 0.133 e. The molecule has 0 aliphatic carbocycles. The molecule has 0 amide bonds.